The number of nitrogens with zero attached hydrogens (tertiary/aromatic N) is 3. The summed E-state index contributed by atoms with van der Waals surface area (Å²) in [5.74, 6) is -3.38. The van der Waals surface area contributed by atoms with E-state index in [9.17, 15) is 26.3 Å². The molecule has 0 atom stereocenters. The molecule has 3 heterocycles. The summed E-state index contributed by atoms with van der Waals surface area (Å²) in [7, 11) is 0. The quantitative estimate of drug-likeness (QED) is 0.0715. The molecule has 0 N–H and O–H groups in total. The molecule has 0 aliphatic carbocycles. The molecule has 10 rings (SSSR count). The Bertz CT molecular complexity index is 3360. The first-order valence-electron chi connectivity index (χ1n) is 24.8. The molecule has 0 radical (unpaired) electrons. The van der Waals surface area contributed by atoms with Gasteiger partial charge in [0.25, 0.3) is 0 Å². The minimum Gasteiger partial charge on any atom is -0.304 e. The Morgan fingerprint density at radius 3 is 1.25 bits per heavy atom. The van der Waals surface area contributed by atoms with Crippen LogP contribution >= 0.6 is 0 Å². The molecule has 76 heavy (non-hydrogen) atoms. The Labute approximate surface area is 452 Å². The van der Waals surface area contributed by atoms with Crippen molar-refractivity contribution in [1.82, 2.24) is 15.0 Å². The van der Waals surface area contributed by atoms with E-state index in [0.29, 0.717) is 5.56 Å². The summed E-state index contributed by atoms with van der Waals surface area (Å²) >= 11 is 0. The number of rotatable bonds is 16. The number of hydrogen-bond donors (Lipinski definition) is 0. The second kappa shape index (κ2) is 23.8. The molecule has 10 aromatic rings. The third-order valence-electron chi connectivity index (χ3n) is 13.5. The molecule has 0 amide bonds. The van der Waals surface area contributed by atoms with Gasteiger partial charge in [-0.2, -0.15) is 26.3 Å². The average Bonchev–Trinajstić information content (AvgIpc) is 3.47. The average molecular weight is 1190 g/mol. The first-order valence-corrected chi connectivity index (χ1v) is 24.8. The van der Waals surface area contributed by atoms with Crippen LogP contribution in [0.25, 0.3) is 78.3 Å². The number of halogens is 6. The largest absolute Gasteiger partial charge is 3.00 e. The maximum atomic E-state index is 13.2. The summed E-state index contributed by atoms with van der Waals surface area (Å²) in [5.41, 5.74) is 17.9. The fourth-order valence-corrected chi connectivity index (χ4v) is 9.46. The fraction of sp³-hybridized carbons (Fsp3) is 0.136. The summed E-state index contributed by atoms with van der Waals surface area (Å²) in [6.07, 6.45) is -3.12. The van der Waals surface area contributed by atoms with E-state index in [4.69, 9.17) is 15.0 Å². The topological polar surface area (TPSA) is 38.7 Å². The number of aromatic nitrogens is 3. The van der Waals surface area contributed by atoms with Crippen molar-refractivity contribution in [3.05, 3.63) is 259 Å². The van der Waals surface area contributed by atoms with Gasteiger partial charge in [0.2, 0.25) is 0 Å². The maximum absolute atomic E-state index is 13.2. The molecule has 10 heteroatoms. The van der Waals surface area contributed by atoms with Gasteiger partial charge in [0.05, 0.1) is 0 Å². The summed E-state index contributed by atoms with van der Waals surface area (Å²) in [6, 6.07) is 73.7. The minimum absolute atomic E-state index is 0. The van der Waals surface area contributed by atoms with Crippen LogP contribution in [0.2, 0.25) is 0 Å². The molecule has 0 saturated carbocycles. The molecule has 0 saturated heterocycles. The smallest absolute Gasteiger partial charge is 0.304 e. The van der Waals surface area contributed by atoms with E-state index in [1.165, 1.54) is 11.1 Å². The standard InChI is InChI=1S/C66H48F6N3.Ir/c67-65(68,69)64(66(70,71)72)37-28-45-24-29-50(30-25-45)51-31-33-52(34-32-51)59-41-63(55-16-8-3-9-17-55)75-44-60(59)58-19-11-10-18-57(58)56-39-48(22-20-46-26-35-61(73-42-46)53-12-4-1-5-13-53)38-49(40-56)23-21-47-27-36-62(74-43-47)54-14-6-2-7-15-54;/h1-12,14,16,18-19,24-27,29-36,38-44,64H,20-23,28,37H2;/q-3;+3. The second-order valence-corrected chi connectivity index (χ2v) is 18.6. The van der Waals surface area contributed by atoms with E-state index < -0.39 is 24.7 Å². The van der Waals surface area contributed by atoms with Gasteiger partial charge in [-0.3, -0.25) is 0 Å². The molecule has 3 aromatic heterocycles. The van der Waals surface area contributed by atoms with Crippen LogP contribution in [0.15, 0.2) is 213 Å². The van der Waals surface area contributed by atoms with Crippen LogP contribution in [0.1, 0.15) is 34.2 Å². The molecule has 0 spiro atoms. The first kappa shape index (κ1) is 53.1. The van der Waals surface area contributed by atoms with Gasteiger partial charge >= 0.3 is 32.5 Å². The van der Waals surface area contributed by atoms with Crippen molar-refractivity contribution in [1.29, 1.82) is 0 Å². The van der Waals surface area contributed by atoms with E-state index in [0.717, 1.165) is 115 Å². The Morgan fingerprint density at radius 1 is 0.342 bits per heavy atom. The third kappa shape index (κ3) is 13.0. The van der Waals surface area contributed by atoms with Crippen LogP contribution in [0, 0.1) is 24.1 Å². The SMILES string of the molecule is FC(F)(F)C(CCc1ccc(-c2ccc(-c3cc(-c4[c-]cccc4)ncc3-c3ccccc3-c3cc(CCc4ccc(-c5[c-]cccc5)nc4)cc(CCc4ccc(-c5[c-]cccc5)nc4)c3)cc2)cc1)C(F)(F)F.[Ir+3]. The van der Waals surface area contributed by atoms with Crippen LogP contribution < -0.4 is 0 Å². The second-order valence-electron chi connectivity index (χ2n) is 18.6. The first-order chi connectivity index (χ1) is 36.4. The fourth-order valence-electron chi connectivity index (χ4n) is 9.46. The van der Waals surface area contributed by atoms with Crippen LogP contribution in [-0.2, 0) is 52.2 Å². The van der Waals surface area contributed by atoms with Gasteiger partial charge in [0.1, 0.15) is 0 Å². The molecule has 7 aromatic carbocycles. The van der Waals surface area contributed by atoms with Crippen molar-refractivity contribution in [3.8, 4) is 78.3 Å². The number of aryl methyl sites for hydroxylation is 5. The molecule has 0 fully saturated rings. The van der Waals surface area contributed by atoms with E-state index in [1.807, 2.05) is 122 Å². The van der Waals surface area contributed by atoms with E-state index >= 15 is 0 Å². The number of hydrogen-bond acceptors (Lipinski definition) is 3. The number of alkyl halides is 6. The Hall–Kier alpha value is -7.78. The van der Waals surface area contributed by atoms with Crippen molar-refractivity contribution in [2.45, 2.75) is 50.9 Å². The van der Waals surface area contributed by atoms with Gasteiger partial charge < -0.3 is 15.0 Å². The van der Waals surface area contributed by atoms with E-state index in [2.05, 4.69) is 84.9 Å². The van der Waals surface area contributed by atoms with Crippen LogP contribution in [0.3, 0.4) is 0 Å². The molecule has 0 aliphatic heterocycles. The van der Waals surface area contributed by atoms with Gasteiger partial charge in [-0.1, -0.05) is 121 Å². The minimum atomic E-state index is -5.37. The van der Waals surface area contributed by atoms with Gasteiger partial charge in [-0.25, -0.2) is 0 Å². The van der Waals surface area contributed by atoms with Crippen LogP contribution in [0.4, 0.5) is 26.3 Å². The molecule has 0 unspecified atom stereocenters. The zero-order valence-electron chi connectivity index (χ0n) is 41.0. The van der Waals surface area contributed by atoms with Gasteiger partial charge in [-0.15, -0.1) is 108 Å². The van der Waals surface area contributed by atoms with Crippen molar-refractivity contribution in [2.24, 2.45) is 5.92 Å². The van der Waals surface area contributed by atoms with Crippen molar-refractivity contribution in [3.63, 3.8) is 0 Å². The predicted molar refractivity (Wildman–Crippen MR) is 286 cm³/mol. The van der Waals surface area contributed by atoms with E-state index in [1.54, 1.807) is 24.3 Å². The Morgan fingerprint density at radius 2 is 0.776 bits per heavy atom. The molecule has 0 aliphatic rings. The molecular formula is C66H48F6IrN3. The molecule has 3 nitrogen and oxygen atoms in total. The van der Waals surface area contributed by atoms with Gasteiger partial charge in [0.15, 0.2) is 5.92 Å². The Balaban J connectivity index is 0.00000706. The molecular weight excluding hydrogens is 1140 g/mol. The van der Waals surface area contributed by atoms with Crippen molar-refractivity contribution < 1.29 is 46.4 Å². The van der Waals surface area contributed by atoms with Gasteiger partial charge in [0, 0.05) is 24.2 Å². The predicted octanol–water partition coefficient (Wildman–Crippen LogP) is 17.2. The van der Waals surface area contributed by atoms with Gasteiger partial charge in [-0.05, 0) is 122 Å². The normalized spacial score (nSPS) is 11.6. The maximum Gasteiger partial charge on any atom is 3.00 e. The summed E-state index contributed by atoms with van der Waals surface area (Å²) in [6.45, 7) is 0. The summed E-state index contributed by atoms with van der Waals surface area (Å²) in [4.78, 5) is 14.6. The number of pyridine rings is 3. The summed E-state index contributed by atoms with van der Waals surface area (Å²) in [5, 5.41) is 0. The molecule has 0 bridgehead atoms. The third-order valence-corrected chi connectivity index (χ3v) is 13.5. The zero-order chi connectivity index (χ0) is 51.8. The summed E-state index contributed by atoms with van der Waals surface area (Å²) < 4.78 is 79.4. The number of benzene rings is 7. The molecule has 378 valence electrons. The van der Waals surface area contributed by atoms with Crippen LogP contribution in [-0.4, -0.2) is 27.3 Å². The zero-order valence-corrected chi connectivity index (χ0v) is 43.4. The van der Waals surface area contributed by atoms with Crippen molar-refractivity contribution in [2.75, 3.05) is 0 Å². The Kier molecular flexibility index (Phi) is 16.6. The van der Waals surface area contributed by atoms with E-state index in [-0.39, 0.29) is 26.5 Å². The monoisotopic (exact) mass is 1190 g/mol. The van der Waals surface area contributed by atoms with Crippen LogP contribution in [0.5, 0.6) is 0 Å². The van der Waals surface area contributed by atoms with Crippen molar-refractivity contribution >= 4 is 0 Å².